The van der Waals surface area contributed by atoms with Crippen molar-refractivity contribution < 1.29 is 14.3 Å². The van der Waals surface area contributed by atoms with Gasteiger partial charge in [0.1, 0.15) is 12.4 Å². The quantitative estimate of drug-likeness (QED) is 0.493. The molecule has 3 aromatic rings. The summed E-state index contributed by atoms with van der Waals surface area (Å²) in [5, 5.41) is 0. The minimum atomic E-state index is -0.277. The van der Waals surface area contributed by atoms with E-state index in [4.69, 9.17) is 9.47 Å². The molecule has 0 aliphatic heterocycles. The molecule has 138 valence electrons. The van der Waals surface area contributed by atoms with Gasteiger partial charge >= 0.3 is 5.97 Å². The molecule has 0 saturated heterocycles. The van der Waals surface area contributed by atoms with E-state index in [1.807, 2.05) is 80.6 Å². The highest BCUT2D eigenvalue weighted by atomic mass is 16.5. The van der Waals surface area contributed by atoms with Crippen molar-refractivity contribution in [3.05, 3.63) is 90.0 Å². The van der Waals surface area contributed by atoms with Crippen LogP contribution >= 0.6 is 0 Å². The summed E-state index contributed by atoms with van der Waals surface area (Å²) in [7, 11) is 0. The first kappa shape index (κ1) is 18.7. The molecule has 3 heteroatoms. The SMILES string of the molecule is CCC(C)OC(=O)c1ccc(-c2ccc(OCc3ccccc3)cc2)cc1. The van der Waals surface area contributed by atoms with Crippen LogP contribution in [0.4, 0.5) is 0 Å². The molecule has 0 fully saturated rings. The van der Waals surface area contributed by atoms with E-state index in [-0.39, 0.29) is 12.1 Å². The van der Waals surface area contributed by atoms with Crippen LogP contribution in [0.15, 0.2) is 78.9 Å². The summed E-state index contributed by atoms with van der Waals surface area (Å²) in [6, 6.07) is 25.5. The lowest BCUT2D eigenvalue weighted by atomic mass is 10.0. The Bertz CT molecular complexity index is 852. The van der Waals surface area contributed by atoms with E-state index < -0.39 is 0 Å². The van der Waals surface area contributed by atoms with Crippen LogP contribution in [-0.2, 0) is 11.3 Å². The Morgan fingerprint density at radius 2 is 1.44 bits per heavy atom. The van der Waals surface area contributed by atoms with Gasteiger partial charge in [0.15, 0.2) is 0 Å². The van der Waals surface area contributed by atoms with Crippen LogP contribution in [0, 0.1) is 0 Å². The number of ether oxygens (including phenoxy) is 2. The minimum absolute atomic E-state index is 0.0689. The Labute approximate surface area is 160 Å². The highest BCUT2D eigenvalue weighted by molar-refractivity contribution is 5.90. The third-order valence-electron chi connectivity index (χ3n) is 4.44. The molecule has 0 aliphatic rings. The average molecular weight is 360 g/mol. The predicted octanol–water partition coefficient (Wildman–Crippen LogP) is 5.89. The smallest absolute Gasteiger partial charge is 0.338 e. The van der Waals surface area contributed by atoms with E-state index >= 15 is 0 Å². The normalized spacial score (nSPS) is 11.6. The molecule has 0 N–H and O–H groups in total. The maximum absolute atomic E-state index is 12.1. The molecule has 0 saturated carbocycles. The van der Waals surface area contributed by atoms with Crippen molar-refractivity contribution in [2.24, 2.45) is 0 Å². The van der Waals surface area contributed by atoms with Crippen LogP contribution in [0.3, 0.4) is 0 Å². The number of hydrogen-bond donors (Lipinski definition) is 0. The molecule has 0 radical (unpaired) electrons. The van der Waals surface area contributed by atoms with Crippen molar-refractivity contribution in [3.8, 4) is 16.9 Å². The first-order valence-electron chi connectivity index (χ1n) is 9.24. The van der Waals surface area contributed by atoms with E-state index in [1.54, 1.807) is 12.1 Å². The molecule has 0 heterocycles. The summed E-state index contributed by atoms with van der Waals surface area (Å²) < 4.78 is 11.2. The lowest BCUT2D eigenvalue weighted by Gasteiger charge is -2.11. The van der Waals surface area contributed by atoms with E-state index in [0.717, 1.165) is 28.9 Å². The van der Waals surface area contributed by atoms with Crippen LogP contribution in [0.2, 0.25) is 0 Å². The predicted molar refractivity (Wildman–Crippen MR) is 108 cm³/mol. The summed E-state index contributed by atoms with van der Waals surface area (Å²) in [6.07, 6.45) is 0.739. The van der Waals surface area contributed by atoms with Crippen molar-refractivity contribution in [1.29, 1.82) is 0 Å². The second-order valence-electron chi connectivity index (χ2n) is 6.50. The minimum Gasteiger partial charge on any atom is -0.489 e. The first-order valence-corrected chi connectivity index (χ1v) is 9.24. The zero-order chi connectivity index (χ0) is 19.1. The van der Waals surface area contributed by atoms with Gasteiger partial charge in [-0.25, -0.2) is 4.79 Å². The van der Waals surface area contributed by atoms with Crippen LogP contribution in [0.5, 0.6) is 5.75 Å². The Morgan fingerprint density at radius 3 is 2.04 bits per heavy atom. The van der Waals surface area contributed by atoms with Gasteiger partial charge in [-0.3, -0.25) is 0 Å². The second kappa shape index (κ2) is 9.04. The van der Waals surface area contributed by atoms with Gasteiger partial charge in [0.2, 0.25) is 0 Å². The van der Waals surface area contributed by atoms with E-state index in [2.05, 4.69) is 0 Å². The first-order chi connectivity index (χ1) is 13.2. The van der Waals surface area contributed by atoms with Gasteiger partial charge in [-0.2, -0.15) is 0 Å². The Kier molecular flexibility index (Phi) is 6.26. The number of carbonyl (C=O) groups excluding carboxylic acids is 1. The highest BCUT2D eigenvalue weighted by Crippen LogP contribution is 2.23. The van der Waals surface area contributed by atoms with Gasteiger partial charge in [0.25, 0.3) is 0 Å². The zero-order valence-corrected chi connectivity index (χ0v) is 15.7. The topological polar surface area (TPSA) is 35.5 Å². The van der Waals surface area contributed by atoms with E-state index in [1.165, 1.54) is 0 Å². The number of carbonyl (C=O) groups is 1. The van der Waals surface area contributed by atoms with Gasteiger partial charge in [0, 0.05) is 0 Å². The molecular formula is C24H24O3. The van der Waals surface area contributed by atoms with Crippen LogP contribution in [0.1, 0.15) is 36.2 Å². The summed E-state index contributed by atoms with van der Waals surface area (Å²) in [4.78, 5) is 12.1. The largest absolute Gasteiger partial charge is 0.489 e. The fourth-order valence-electron chi connectivity index (χ4n) is 2.62. The lowest BCUT2D eigenvalue weighted by molar-refractivity contribution is 0.0334. The van der Waals surface area contributed by atoms with Gasteiger partial charge in [-0.15, -0.1) is 0 Å². The third kappa shape index (κ3) is 5.20. The van der Waals surface area contributed by atoms with E-state index in [9.17, 15) is 4.79 Å². The van der Waals surface area contributed by atoms with Gasteiger partial charge in [-0.1, -0.05) is 61.5 Å². The van der Waals surface area contributed by atoms with Crippen molar-refractivity contribution in [2.45, 2.75) is 33.0 Å². The summed E-state index contributed by atoms with van der Waals surface area (Å²) in [5.74, 6) is 0.553. The molecule has 0 spiro atoms. The molecule has 0 aliphatic carbocycles. The lowest BCUT2D eigenvalue weighted by Crippen LogP contribution is -2.13. The van der Waals surface area contributed by atoms with Crippen LogP contribution in [-0.4, -0.2) is 12.1 Å². The maximum Gasteiger partial charge on any atom is 0.338 e. The summed E-state index contributed by atoms with van der Waals surface area (Å²) >= 11 is 0. The van der Waals surface area contributed by atoms with Crippen molar-refractivity contribution >= 4 is 5.97 Å². The highest BCUT2D eigenvalue weighted by Gasteiger charge is 2.10. The van der Waals surface area contributed by atoms with Crippen molar-refractivity contribution in [3.63, 3.8) is 0 Å². The summed E-state index contributed by atoms with van der Waals surface area (Å²) in [5.41, 5.74) is 3.83. The van der Waals surface area contributed by atoms with Gasteiger partial charge < -0.3 is 9.47 Å². The molecule has 3 nitrogen and oxygen atoms in total. The molecule has 1 unspecified atom stereocenters. The van der Waals surface area contributed by atoms with Gasteiger partial charge in [-0.05, 0) is 54.3 Å². The molecule has 0 amide bonds. The van der Waals surface area contributed by atoms with E-state index in [0.29, 0.717) is 12.2 Å². The molecule has 1 atom stereocenters. The number of hydrogen-bond acceptors (Lipinski definition) is 3. The maximum atomic E-state index is 12.1. The molecule has 3 rings (SSSR count). The fourth-order valence-corrected chi connectivity index (χ4v) is 2.62. The third-order valence-corrected chi connectivity index (χ3v) is 4.44. The number of benzene rings is 3. The number of rotatable bonds is 7. The van der Waals surface area contributed by atoms with Gasteiger partial charge in [0.05, 0.1) is 11.7 Å². The number of esters is 1. The Hall–Kier alpha value is -3.07. The monoisotopic (exact) mass is 360 g/mol. The van der Waals surface area contributed by atoms with Crippen molar-refractivity contribution in [1.82, 2.24) is 0 Å². The Morgan fingerprint density at radius 1 is 0.852 bits per heavy atom. The average Bonchev–Trinajstić information content (AvgIpc) is 2.73. The van der Waals surface area contributed by atoms with Crippen molar-refractivity contribution in [2.75, 3.05) is 0 Å². The second-order valence-corrected chi connectivity index (χ2v) is 6.50. The fraction of sp³-hybridized carbons (Fsp3) is 0.208. The standard InChI is InChI=1S/C24H24O3/c1-3-18(2)27-24(25)22-11-9-20(10-12-22)21-13-15-23(16-14-21)26-17-19-7-5-4-6-8-19/h4-16,18H,3,17H2,1-2H3. The molecule has 0 aromatic heterocycles. The van der Waals surface area contributed by atoms with Crippen LogP contribution in [0.25, 0.3) is 11.1 Å². The van der Waals surface area contributed by atoms with Crippen LogP contribution < -0.4 is 4.74 Å². The zero-order valence-electron chi connectivity index (χ0n) is 15.7. The summed E-state index contributed by atoms with van der Waals surface area (Å²) in [6.45, 7) is 4.44. The Balaban J connectivity index is 1.62. The molecular weight excluding hydrogens is 336 g/mol. The molecule has 3 aromatic carbocycles. The molecule has 0 bridgehead atoms. The molecule has 27 heavy (non-hydrogen) atoms.